The van der Waals surface area contributed by atoms with Crippen LogP contribution in [-0.4, -0.2) is 55.1 Å². The maximum atomic E-state index is 5.45. The molecule has 0 bridgehead atoms. The van der Waals surface area contributed by atoms with Crippen LogP contribution in [-0.2, 0) is 8.85 Å². The van der Waals surface area contributed by atoms with Crippen LogP contribution in [0.15, 0.2) is 0 Å². The smallest absolute Gasteiger partial charge is 0.321 e. The molecular weight excluding hydrogens is 208 g/mol. The largest absolute Gasteiger partial charge is 0.397 e. The molecule has 0 aliphatic rings. The summed E-state index contributed by atoms with van der Waals surface area (Å²) >= 11 is 0. The second-order valence-electron chi connectivity index (χ2n) is 3.61. The number of hydrogen-bond acceptors (Lipinski definition) is 4. The minimum Gasteiger partial charge on any atom is -0.397 e. The van der Waals surface area contributed by atoms with Gasteiger partial charge in [-0.2, -0.15) is 0 Å². The van der Waals surface area contributed by atoms with Crippen molar-refractivity contribution in [3.63, 3.8) is 0 Å². The summed E-state index contributed by atoms with van der Waals surface area (Å²) in [6, 6.07) is 1.04. The Balaban J connectivity index is 0. The summed E-state index contributed by atoms with van der Waals surface area (Å²) in [6.07, 6.45) is 1.02. The summed E-state index contributed by atoms with van der Waals surface area (Å²) in [5, 5.41) is 0. The van der Waals surface area contributed by atoms with E-state index in [4.69, 9.17) is 14.6 Å². The summed E-state index contributed by atoms with van der Waals surface area (Å²) in [6.45, 7) is 6.27. The number of rotatable bonds is 7. The highest BCUT2D eigenvalue weighted by atomic mass is 28.3. The molecule has 0 atom stereocenters. The minimum absolute atomic E-state index is 0.740. The third-order valence-corrected chi connectivity index (χ3v) is 3.64. The molecule has 0 amide bonds. The van der Waals surface area contributed by atoms with Gasteiger partial charge in [0.1, 0.15) is 0 Å². The van der Waals surface area contributed by atoms with Gasteiger partial charge in [0.05, 0.1) is 0 Å². The second kappa shape index (κ2) is 14.1. The minimum atomic E-state index is -1.33. The highest BCUT2D eigenvalue weighted by Gasteiger charge is 2.09. The van der Waals surface area contributed by atoms with Crippen molar-refractivity contribution in [2.75, 3.05) is 40.9 Å². The average Bonchev–Trinajstić information content (AvgIpc) is 2.14. The van der Waals surface area contributed by atoms with Gasteiger partial charge >= 0.3 is 9.28 Å². The van der Waals surface area contributed by atoms with Gasteiger partial charge in [0.2, 0.25) is 0 Å². The molecule has 0 aromatic rings. The van der Waals surface area contributed by atoms with Gasteiger partial charge in [-0.15, -0.1) is 0 Å². The van der Waals surface area contributed by atoms with E-state index < -0.39 is 9.28 Å². The number of nitrogens with two attached hydrogens (primary N) is 1. The molecule has 0 aliphatic carbocycles. The van der Waals surface area contributed by atoms with E-state index in [0.29, 0.717) is 0 Å². The first-order valence-corrected chi connectivity index (χ1v) is 7.38. The van der Waals surface area contributed by atoms with Gasteiger partial charge in [0, 0.05) is 13.2 Å². The lowest BCUT2D eigenvalue weighted by Crippen LogP contribution is -2.23. The van der Waals surface area contributed by atoms with E-state index in [0.717, 1.165) is 32.2 Å². The van der Waals surface area contributed by atoms with E-state index in [2.05, 4.69) is 0 Å². The normalized spacial score (nSPS) is 10.4. The Labute approximate surface area is 96.6 Å². The first kappa shape index (κ1) is 17.5. The summed E-state index contributed by atoms with van der Waals surface area (Å²) in [7, 11) is 4.67. The number of nitrogens with zero attached hydrogens (tertiary/aromatic N) is 1. The first-order valence-electron chi connectivity index (χ1n) is 5.62. The summed E-state index contributed by atoms with van der Waals surface area (Å²) in [5.74, 6) is 0. The van der Waals surface area contributed by atoms with Crippen molar-refractivity contribution in [3.05, 3.63) is 0 Å². The standard InChI is InChI=1S/C7H19NO2Si.C3H9N/c1-3-9-11(10-4-2)7-5-6-8;1-4(2)3/h11H,3-8H2,1-2H3;1-3H3. The third-order valence-electron chi connectivity index (χ3n) is 1.35. The molecule has 4 nitrogen and oxygen atoms in total. The molecule has 0 radical (unpaired) electrons. The van der Waals surface area contributed by atoms with Crippen molar-refractivity contribution in [3.8, 4) is 0 Å². The Bertz CT molecular complexity index is 107. The average molecular weight is 236 g/mol. The van der Waals surface area contributed by atoms with Crippen molar-refractivity contribution >= 4 is 9.28 Å². The molecule has 0 saturated heterocycles. The van der Waals surface area contributed by atoms with Crippen LogP contribution in [0, 0.1) is 0 Å². The van der Waals surface area contributed by atoms with Crippen LogP contribution in [0.25, 0.3) is 0 Å². The summed E-state index contributed by atoms with van der Waals surface area (Å²) in [4.78, 5) is 2.00. The summed E-state index contributed by atoms with van der Waals surface area (Å²) in [5.41, 5.74) is 5.38. The van der Waals surface area contributed by atoms with Crippen LogP contribution in [0.1, 0.15) is 20.3 Å². The third kappa shape index (κ3) is 20.2. The molecule has 2 N–H and O–H groups in total. The Morgan fingerprint density at radius 1 is 1.07 bits per heavy atom. The predicted molar refractivity (Wildman–Crippen MR) is 68.5 cm³/mol. The fraction of sp³-hybridized carbons (Fsp3) is 1.00. The Morgan fingerprint density at radius 3 is 1.73 bits per heavy atom. The lowest BCUT2D eigenvalue weighted by Gasteiger charge is -2.13. The zero-order chi connectivity index (χ0) is 12.1. The van der Waals surface area contributed by atoms with Crippen LogP contribution in [0.3, 0.4) is 0 Å². The molecule has 0 heterocycles. The zero-order valence-electron chi connectivity index (χ0n) is 11.0. The highest BCUT2D eigenvalue weighted by Crippen LogP contribution is 1.99. The van der Waals surface area contributed by atoms with E-state index in [9.17, 15) is 0 Å². The van der Waals surface area contributed by atoms with Crippen molar-refractivity contribution in [1.29, 1.82) is 0 Å². The number of hydrogen-bond donors (Lipinski definition) is 1. The fourth-order valence-electron chi connectivity index (χ4n) is 0.871. The molecule has 0 spiro atoms. The van der Waals surface area contributed by atoms with Crippen LogP contribution >= 0.6 is 0 Å². The molecule has 0 unspecified atom stereocenters. The van der Waals surface area contributed by atoms with E-state index in [1.807, 2.05) is 39.9 Å². The zero-order valence-corrected chi connectivity index (χ0v) is 12.1. The Morgan fingerprint density at radius 2 is 1.47 bits per heavy atom. The molecule has 15 heavy (non-hydrogen) atoms. The monoisotopic (exact) mass is 236 g/mol. The van der Waals surface area contributed by atoms with Gasteiger partial charge in [-0.05, 0) is 54.0 Å². The molecule has 0 aromatic heterocycles. The van der Waals surface area contributed by atoms with Crippen LogP contribution in [0.2, 0.25) is 6.04 Å². The van der Waals surface area contributed by atoms with Gasteiger partial charge < -0.3 is 19.5 Å². The fourth-order valence-corrected chi connectivity index (χ4v) is 2.61. The molecule has 94 valence electrons. The van der Waals surface area contributed by atoms with E-state index >= 15 is 0 Å². The highest BCUT2D eigenvalue weighted by molar-refractivity contribution is 6.44. The van der Waals surface area contributed by atoms with E-state index in [1.54, 1.807) is 0 Å². The van der Waals surface area contributed by atoms with Gasteiger partial charge in [-0.1, -0.05) is 0 Å². The molecule has 0 aromatic carbocycles. The molecule has 5 heteroatoms. The maximum Gasteiger partial charge on any atom is 0.321 e. The predicted octanol–water partition coefficient (Wildman–Crippen LogP) is 0.807. The van der Waals surface area contributed by atoms with Gasteiger partial charge in [-0.25, -0.2) is 0 Å². The van der Waals surface area contributed by atoms with Crippen LogP contribution < -0.4 is 5.73 Å². The maximum absolute atomic E-state index is 5.45. The SMILES string of the molecule is CCO[SiH](CCCN)OCC.CN(C)C. The van der Waals surface area contributed by atoms with Crippen molar-refractivity contribution in [2.45, 2.75) is 26.3 Å². The summed E-state index contributed by atoms with van der Waals surface area (Å²) < 4.78 is 10.9. The van der Waals surface area contributed by atoms with Crippen LogP contribution in [0.5, 0.6) is 0 Å². The molecule has 0 aliphatic heterocycles. The van der Waals surface area contributed by atoms with Crippen molar-refractivity contribution in [2.24, 2.45) is 5.73 Å². The topological polar surface area (TPSA) is 47.7 Å². The van der Waals surface area contributed by atoms with Crippen molar-refractivity contribution in [1.82, 2.24) is 4.90 Å². The van der Waals surface area contributed by atoms with Gasteiger partial charge in [0.25, 0.3) is 0 Å². The Hall–Kier alpha value is 0.0569. The molecule has 0 fully saturated rings. The molecule has 0 saturated carbocycles. The Kier molecular flexibility index (Phi) is 16.4. The van der Waals surface area contributed by atoms with E-state index in [-0.39, 0.29) is 0 Å². The van der Waals surface area contributed by atoms with Gasteiger partial charge in [-0.3, -0.25) is 0 Å². The van der Waals surface area contributed by atoms with Crippen LogP contribution in [0.4, 0.5) is 0 Å². The second-order valence-corrected chi connectivity index (χ2v) is 5.72. The lowest BCUT2D eigenvalue weighted by molar-refractivity contribution is 0.213. The molecular formula is C10H28N2O2Si. The lowest BCUT2D eigenvalue weighted by atomic mass is 10.5. The molecule has 0 rings (SSSR count). The van der Waals surface area contributed by atoms with Gasteiger partial charge in [0.15, 0.2) is 0 Å². The quantitative estimate of drug-likeness (QED) is 0.665. The first-order chi connectivity index (χ1) is 7.08. The van der Waals surface area contributed by atoms with Crippen molar-refractivity contribution < 1.29 is 8.85 Å². The van der Waals surface area contributed by atoms with E-state index in [1.165, 1.54) is 0 Å².